The molecule has 0 aliphatic carbocycles. The van der Waals surface area contributed by atoms with E-state index in [1.165, 1.54) is 30.3 Å². The van der Waals surface area contributed by atoms with Gasteiger partial charge in [0.05, 0.1) is 24.4 Å². The summed E-state index contributed by atoms with van der Waals surface area (Å²) < 4.78 is 31.4. The number of amides is 2. The van der Waals surface area contributed by atoms with E-state index in [-0.39, 0.29) is 30.7 Å². The van der Waals surface area contributed by atoms with Crippen LogP contribution in [0.2, 0.25) is 0 Å². The fourth-order valence-electron chi connectivity index (χ4n) is 3.10. The van der Waals surface area contributed by atoms with Gasteiger partial charge in [0, 0.05) is 18.1 Å². The molecule has 0 fully saturated rings. The summed E-state index contributed by atoms with van der Waals surface area (Å²) in [6.45, 7) is 1.67. The highest BCUT2D eigenvalue weighted by molar-refractivity contribution is 5.89. The monoisotopic (exact) mass is 449 g/mol. The van der Waals surface area contributed by atoms with Crippen molar-refractivity contribution in [2.45, 2.75) is 31.7 Å². The average molecular weight is 449 g/mol. The average Bonchev–Trinajstić information content (AvgIpc) is 2.73. The number of hydrogen-bond donors (Lipinski definition) is 2. The van der Waals surface area contributed by atoms with Crippen molar-refractivity contribution in [2.75, 3.05) is 6.61 Å². The normalized spacial score (nSPS) is 12.5. The molecule has 0 spiro atoms. The van der Waals surface area contributed by atoms with Crippen LogP contribution in [-0.4, -0.2) is 35.4 Å². The lowest BCUT2D eigenvalue weighted by atomic mass is 9.87. The molecule has 2 amide bonds. The first kappa shape index (κ1) is 24.4. The summed E-state index contributed by atoms with van der Waals surface area (Å²) in [6.07, 6.45) is -0.724. The highest BCUT2D eigenvalue weighted by atomic mass is 19.2. The molecule has 9 nitrogen and oxygen atoms in total. The highest BCUT2D eigenvalue weighted by Crippen LogP contribution is 2.27. The molecule has 2 aromatic carbocycles. The SMILES string of the molecule is CCOC(=O)C[C@@H](c1ccc([N+](=O)[O-])cc1)[C@@H](NC(=O)Cc1ccc(F)c(F)c1)C(N)=O. The van der Waals surface area contributed by atoms with Crippen molar-refractivity contribution < 1.29 is 32.8 Å². The minimum Gasteiger partial charge on any atom is -0.466 e. The van der Waals surface area contributed by atoms with E-state index in [0.29, 0.717) is 5.56 Å². The van der Waals surface area contributed by atoms with Gasteiger partial charge in [-0.25, -0.2) is 8.78 Å². The molecule has 32 heavy (non-hydrogen) atoms. The number of hydrogen-bond acceptors (Lipinski definition) is 6. The van der Waals surface area contributed by atoms with Crippen LogP contribution < -0.4 is 11.1 Å². The first-order chi connectivity index (χ1) is 15.1. The van der Waals surface area contributed by atoms with Crippen LogP contribution in [0.25, 0.3) is 0 Å². The Balaban J connectivity index is 2.29. The molecule has 2 aromatic rings. The Labute approximate surface area is 181 Å². The molecule has 170 valence electrons. The quantitative estimate of drug-likeness (QED) is 0.323. The number of nitro benzene ring substituents is 1. The van der Waals surface area contributed by atoms with Crippen molar-refractivity contribution in [3.05, 3.63) is 75.3 Å². The van der Waals surface area contributed by atoms with E-state index in [0.717, 1.165) is 12.1 Å². The Morgan fingerprint density at radius 2 is 1.78 bits per heavy atom. The summed E-state index contributed by atoms with van der Waals surface area (Å²) in [4.78, 5) is 47.0. The van der Waals surface area contributed by atoms with Gasteiger partial charge in [-0.05, 0) is 30.2 Å². The second-order valence-electron chi connectivity index (χ2n) is 6.84. The second kappa shape index (κ2) is 10.9. The van der Waals surface area contributed by atoms with Crippen molar-refractivity contribution in [1.82, 2.24) is 5.32 Å². The summed E-state index contributed by atoms with van der Waals surface area (Å²) in [5.41, 5.74) is 5.75. The number of carbonyl (C=O) groups is 3. The fourth-order valence-corrected chi connectivity index (χ4v) is 3.10. The van der Waals surface area contributed by atoms with Crippen molar-refractivity contribution in [2.24, 2.45) is 5.73 Å². The molecule has 0 aliphatic heterocycles. The number of carbonyl (C=O) groups excluding carboxylic acids is 3. The summed E-state index contributed by atoms with van der Waals surface area (Å²) in [7, 11) is 0. The van der Waals surface area contributed by atoms with Crippen LogP contribution in [0, 0.1) is 21.7 Å². The van der Waals surface area contributed by atoms with Gasteiger partial charge in [0.15, 0.2) is 11.6 Å². The lowest BCUT2D eigenvalue weighted by molar-refractivity contribution is -0.384. The van der Waals surface area contributed by atoms with Gasteiger partial charge in [0.2, 0.25) is 11.8 Å². The third-order valence-electron chi connectivity index (χ3n) is 4.60. The van der Waals surface area contributed by atoms with Crippen LogP contribution in [0.15, 0.2) is 42.5 Å². The van der Waals surface area contributed by atoms with Crippen molar-refractivity contribution in [3.8, 4) is 0 Å². The van der Waals surface area contributed by atoms with Crippen LogP contribution in [0.3, 0.4) is 0 Å². The van der Waals surface area contributed by atoms with E-state index in [1.807, 2.05) is 0 Å². The third-order valence-corrected chi connectivity index (χ3v) is 4.60. The van der Waals surface area contributed by atoms with Gasteiger partial charge in [-0.3, -0.25) is 24.5 Å². The molecule has 0 heterocycles. The van der Waals surface area contributed by atoms with E-state index in [4.69, 9.17) is 10.5 Å². The van der Waals surface area contributed by atoms with E-state index < -0.39 is 46.3 Å². The first-order valence-corrected chi connectivity index (χ1v) is 9.55. The zero-order chi connectivity index (χ0) is 23.8. The Kier molecular flexibility index (Phi) is 8.33. The van der Waals surface area contributed by atoms with Crippen LogP contribution in [-0.2, 0) is 25.5 Å². The van der Waals surface area contributed by atoms with Crippen molar-refractivity contribution in [1.29, 1.82) is 0 Å². The van der Waals surface area contributed by atoms with Crippen molar-refractivity contribution in [3.63, 3.8) is 0 Å². The highest BCUT2D eigenvalue weighted by Gasteiger charge is 2.32. The Morgan fingerprint density at radius 1 is 1.12 bits per heavy atom. The van der Waals surface area contributed by atoms with Gasteiger partial charge in [0.1, 0.15) is 6.04 Å². The summed E-state index contributed by atoms with van der Waals surface area (Å²) in [5.74, 6) is -5.55. The van der Waals surface area contributed by atoms with Gasteiger partial charge in [-0.2, -0.15) is 0 Å². The van der Waals surface area contributed by atoms with Gasteiger partial charge in [-0.15, -0.1) is 0 Å². The lowest BCUT2D eigenvalue weighted by Gasteiger charge is -2.25. The van der Waals surface area contributed by atoms with Crippen LogP contribution in [0.4, 0.5) is 14.5 Å². The number of rotatable bonds is 10. The van der Waals surface area contributed by atoms with Gasteiger partial charge >= 0.3 is 5.97 Å². The standard InChI is InChI=1S/C21H21F2N3O6/c1-2-32-19(28)11-15(13-4-6-14(7-5-13)26(30)31)20(21(24)29)25-18(27)10-12-3-8-16(22)17(23)9-12/h3-9,15,20H,2,10-11H2,1H3,(H2,24,29)(H,25,27)/t15-,20+/m0/s1. The minimum atomic E-state index is -1.38. The molecule has 0 saturated heterocycles. The maximum absolute atomic E-state index is 13.4. The van der Waals surface area contributed by atoms with Gasteiger partial charge in [-0.1, -0.05) is 18.2 Å². The number of benzene rings is 2. The molecule has 0 radical (unpaired) electrons. The topological polar surface area (TPSA) is 142 Å². The largest absolute Gasteiger partial charge is 0.466 e. The third kappa shape index (κ3) is 6.56. The Morgan fingerprint density at radius 3 is 2.31 bits per heavy atom. The molecule has 0 aromatic heterocycles. The predicted molar refractivity (Wildman–Crippen MR) is 108 cm³/mol. The Hall–Kier alpha value is -3.89. The molecule has 11 heteroatoms. The minimum absolute atomic E-state index is 0.0789. The number of ether oxygens (including phenoxy) is 1. The molecule has 3 N–H and O–H groups in total. The predicted octanol–water partition coefficient (Wildman–Crippen LogP) is 2.12. The molecule has 0 aliphatic rings. The fraction of sp³-hybridized carbons (Fsp3) is 0.286. The number of nitrogens with two attached hydrogens (primary N) is 1. The number of halogens is 2. The summed E-state index contributed by atoms with van der Waals surface area (Å²) in [5, 5.41) is 13.3. The molecule has 0 bridgehead atoms. The second-order valence-corrected chi connectivity index (χ2v) is 6.84. The lowest BCUT2D eigenvalue weighted by Crippen LogP contribution is -2.49. The molecule has 0 saturated carbocycles. The van der Waals surface area contributed by atoms with Gasteiger partial charge < -0.3 is 15.8 Å². The Bertz CT molecular complexity index is 1010. The van der Waals surface area contributed by atoms with Crippen LogP contribution in [0.5, 0.6) is 0 Å². The van der Waals surface area contributed by atoms with E-state index in [1.54, 1.807) is 6.92 Å². The smallest absolute Gasteiger partial charge is 0.306 e. The zero-order valence-electron chi connectivity index (χ0n) is 17.0. The number of esters is 1. The maximum atomic E-state index is 13.4. The molecule has 2 rings (SSSR count). The van der Waals surface area contributed by atoms with Gasteiger partial charge in [0.25, 0.3) is 5.69 Å². The molecule has 0 unspecified atom stereocenters. The van der Waals surface area contributed by atoms with Crippen LogP contribution >= 0.6 is 0 Å². The maximum Gasteiger partial charge on any atom is 0.306 e. The first-order valence-electron chi connectivity index (χ1n) is 9.55. The number of nitrogens with one attached hydrogen (secondary N) is 1. The van der Waals surface area contributed by atoms with E-state index in [2.05, 4.69) is 5.32 Å². The van der Waals surface area contributed by atoms with E-state index in [9.17, 15) is 33.3 Å². The number of nitro groups is 1. The number of non-ortho nitro benzene ring substituents is 1. The number of primary amides is 1. The molecular weight excluding hydrogens is 428 g/mol. The zero-order valence-corrected chi connectivity index (χ0v) is 17.0. The van der Waals surface area contributed by atoms with E-state index >= 15 is 0 Å². The summed E-state index contributed by atoms with van der Waals surface area (Å²) in [6, 6.07) is 6.62. The number of nitrogens with zero attached hydrogens (tertiary/aromatic N) is 1. The van der Waals surface area contributed by atoms with Crippen molar-refractivity contribution >= 4 is 23.5 Å². The summed E-state index contributed by atoms with van der Waals surface area (Å²) >= 11 is 0. The molecular formula is C21H21F2N3O6. The molecule has 2 atom stereocenters. The van der Waals surface area contributed by atoms with Crippen LogP contribution in [0.1, 0.15) is 30.4 Å².